The van der Waals surface area contributed by atoms with Crippen molar-refractivity contribution in [2.45, 2.75) is 6.42 Å². The molecule has 9 aromatic carbocycles. The Morgan fingerprint density at radius 2 is 0.948 bits per heavy atom. The van der Waals surface area contributed by atoms with Gasteiger partial charge < -0.3 is 9.47 Å². The summed E-state index contributed by atoms with van der Waals surface area (Å²) in [6.45, 7) is 0. The lowest BCUT2D eigenvalue weighted by Gasteiger charge is -2.26. The minimum atomic E-state index is 0.953. The molecule has 2 heterocycles. The first-order valence-corrected chi connectivity index (χ1v) is 20.8. The summed E-state index contributed by atoms with van der Waals surface area (Å²) in [5, 5.41) is 5.18. The smallest absolute Gasteiger partial charge is 0.0541 e. The minimum Gasteiger partial charge on any atom is -0.310 e. The van der Waals surface area contributed by atoms with Gasteiger partial charge in [-0.05, 0) is 130 Å². The first kappa shape index (κ1) is 33.0. The topological polar surface area (TPSA) is 8.17 Å². The van der Waals surface area contributed by atoms with Gasteiger partial charge in [0.1, 0.15) is 0 Å². The lowest BCUT2D eigenvalue weighted by atomic mass is 10.0. The van der Waals surface area contributed by atoms with Gasteiger partial charge in [-0.3, -0.25) is 0 Å². The number of aromatic nitrogens is 1. The fourth-order valence-corrected chi connectivity index (χ4v) is 10.4. The van der Waals surface area contributed by atoms with Crippen molar-refractivity contribution in [2.75, 3.05) is 4.90 Å². The lowest BCUT2D eigenvalue weighted by Crippen LogP contribution is -2.10. The molecular formula is C55H36N2S. The van der Waals surface area contributed by atoms with Crippen LogP contribution >= 0.6 is 11.3 Å². The summed E-state index contributed by atoms with van der Waals surface area (Å²) in [6, 6.07) is 75.9. The Morgan fingerprint density at radius 3 is 1.76 bits per heavy atom. The van der Waals surface area contributed by atoms with Gasteiger partial charge in [-0.2, -0.15) is 0 Å². The zero-order valence-electron chi connectivity index (χ0n) is 31.6. The molecule has 0 aliphatic heterocycles. The highest BCUT2D eigenvalue weighted by atomic mass is 32.1. The van der Waals surface area contributed by atoms with Gasteiger partial charge in [0.15, 0.2) is 0 Å². The highest BCUT2D eigenvalue weighted by Gasteiger charge is 2.21. The predicted octanol–water partition coefficient (Wildman–Crippen LogP) is 15.5. The van der Waals surface area contributed by atoms with E-state index < -0.39 is 0 Å². The standard InChI is InChI=1S/C55H36N2S/c1-2-11-42(12-3-1)57-52-16-8-6-14-48(52)51-34-38(23-31-53(51)57)36-18-24-43(25-19-36)56(45-28-30-47-41(33-45)32-40-10-4-5-13-46(40)47)44-26-20-37(21-27-44)39-22-29-50-49-15-7-9-17-54(49)58-55(50)35-39/h1-31,33-35H,32H2. The molecule has 0 radical (unpaired) electrons. The van der Waals surface area contributed by atoms with Crippen LogP contribution in [0, 0.1) is 0 Å². The molecule has 0 saturated heterocycles. The number of hydrogen-bond acceptors (Lipinski definition) is 2. The van der Waals surface area contributed by atoms with Crippen molar-refractivity contribution in [2.24, 2.45) is 0 Å². The fourth-order valence-electron chi connectivity index (χ4n) is 9.24. The monoisotopic (exact) mass is 756 g/mol. The molecule has 0 fully saturated rings. The van der Waals surface area contributed by atoms with E-state index in [9.17, 15) is 0 Å². The van der Waals surface area contributed by atoms with Crippen LogP contribution in [0.5, 0.6) is 0 Å². The van der Waals surface area contributed by atoms with Crippen LogP contribution in [0.25, 0.3) is 81.0 Å². The highest BCUT2D eigenvalue weighted by molar-refractivity contribution is 7.25. The van der Waals surface area contributed by atoms with Crippen molar-refractivity contribution in [3.8, 4) is 39.1 Å². The van der Waals surface area contributed by atoms with Crippen molar-refractivity contribution in [3.63, 3.8) is 0 Å². The van der Waals surface area contributed by atoms with E-state index >= 15 is 0 Å². The minimum absolute atomic E-state index is 0.953. The number of nitrogens with zero attached hydrogens (tertiary/aromatic N) is 2. The predicted molar refractivity (Wildman–Crippen MR) is 247 cm³/mol. The third-order valence-corrected chi connectivity index (χ3v) is 13.2. The van der Waals surface area contributed by atoms with E-state index in [1.165, 1.54) is 92.2 Å². The van der Waals surface area contributed by atoms with Crippen LogP contribution < -0.4 is 4.90 Å². The van der Waals surface area contributed by atoms with Crippen LogP contribution in [0.15, 0.2) is 206 Å². The molecule has 2 nitrogen and oxygen atoms in total. The van der Waals surface area contributed by atoms with Gasteiger partial charge in [-0.15, -0.1) is 11.3 Å². The maximum atomic E-state index is 2.41. The Kier molecular flexibility index (Phi) is 7.51. The average Bonchev–Trinajstić information content (AvgIpc) is 3.96. The SMILES string of the molecule is c1ccc(-n2c3ccccc3c3cc(-c4ccc(N(c5ccc(-c6ccc7c(c6)sc6ccccc67)cc5)c5ccc6c(c5)Cc5ccccc5-6)cc4)ccc32)cc1. The summed E-state index contributed by atoms with van der Waals surface area (Å²) in [4.78, 5) is 2.41. The summed E-state index contributed by atoms with van der Waals surface area (Å²) in [5.74, 6) is 0. The zero-order valence-corrected chi connectivity index (χ0v) is 32.5. The van der Waals surface area contributed by atoms with Crippen molar-refractivity contribution in [3.05, 3.63) is 217 Å². The Morgan fingerprint density at radius 1 is 0.362 bits per heavy atom. The van der Waals surface area contributed by atoms with E-state index in [2.05, 4.69) is 216 Å². The van der Waals surface area contributed by atoms with E-state index in [1.54, 1.807) is 0 Å². The summed E-state index contributed by atoms with van der Waals surface area (Å²) in [6.07, 6.45) is 0.953. The van der Waals surface area contributed by atoms with E-state index in [0.29, 0.717) is 0 Å². The zero-order chi connectivity index (χ0) is 38.2. The Balaban J connectivity index is 0.931. The first-order valence-electron chi connectivity index (χ1n) is 20.0. The summed E-state index contributed by atoms with van der Waals surface area (Å²) >= 11 is 1.87. The van der Waals surface area contributed by atoms with Crippen molar-refractivity contribution in [1.82, 2.24) is 4.57 Å². The number of benzene rings is 9. The normalized spacial score (nSPS) is 12.1. The number of thiophene rings is 1. The molecule has 1 aliphatic rings. The molecule has 0 atom stereocenters. The summed E-state index contributed by atoms with van der Waals surface area (Å²) in [5.41, 5.74) is 17.3. The van der Waals surface area contributed by atoms with E-state index in [0.717, 1.165) is 23.5 Å². The molecule has 0 bridgehead atoms. The first-order chi connectivity index (χ1) is 28.7. The van der Waals surface area contributed by atoms with Crippen molar-refractivity contribution in [1.29, 1.82) is 0 Å². The second kappa shape index (κ2) is 13.2. The molecule has 58 heavy (non-hydrogen) atoms. The van der Waals surface area contributed by atoms with Gasteiger partial charge in [0.2, 0.25) is 0 Å². The van der Waals surface area contributed by atoms with Gasteiger partial charge in [-0.25, -0.2) is 0 Å². The lowest BCUT2D eigenvalue weighted by molar-refractivity contribution is 1.18. The average molecular weight is 757 g/mol. The molecule has 0 N–H and O–H groups in total. The number of fused-ring (bicyclic) bond motifs is 9. The third-order valence-electron chi connectivity index (χ3n) is 12.0. The van der Waals surface area contributed by atoms with Gasteiger partial charge in [-0.1, -0.05) is 127 Å². The molecule has 0 spiro atoms. The number of hydrogen-bond donors (Lipinski definition) is 0. The van der Waals surface area contributed by atoms with E-state index in [-0.39, 0.29) is 0 Å². The molecule has 11 aromatic rings. The van der Waals surface area contributed by atoms with Crippen molar-refractivity contribution < 1.29 is 0 Å². The van der Waals surface area contributed by atoms with Crippen molar-refractivity contribution >= 4 is 70.4 Å². The molecule has 12 rings (SSSR count). The Labute approximate surface area is 341 Å². The highest BCUT2D eigenvalue weighted by Crippen LogP contribution is 2.44. The third kappa shape index (κ3) is 5.32. The fraction of sp³-hybridized carbons (Fsp3) is 0.0182. The van der Waals surface area contributed by atoms with Gasteiger partial charge >= 0.3 is 0 Å². The van der Waals surface area contributed by atoms with Crippen LogP contribution in [0.3, 0.4) is 0 Å². The largest absolute Gasteiger partial charge is 0.310 e. The van der Waals surface area contributed by atoms with Crippen LogP contribution in [0.4, 0.5) is 17.1 Å². The molecule has 0 unspecified atom stereocenters. The van der Waals surface area contributed by atoms with E-state index in [1.807, 2.05) is 11.3 Å². The van der Waals surface area contributed by atoms with Gasteiger partial charge in [0.25, 0.3) is 0 Å². The quantitative estimate of drug-likeness (QED) is 0.164. The van der Waals surface area contributed by atoms with Gasteiger partial charge in [0, 0.05) is 53.7 Å². The summed E-state index contributed by atoms with van der Waals surface area (Å²) < 4.78 is 5.03. The molecular weight excluding hydrogens is 721 g/mol. The maximum absolute atomic E-state index is 2.41. The molecule has 0 saturated carbocycles. The molecule has 1 aliphatic carbocycles. The molecule has 2 aromatic heterocycles. The van der Waals surface area contributed by atoms with Gasteiger partial charge in [0.05, 0.1) is 11.0 Å². The molecule has 0 amide bonds. The second-order valence-electron chi connectivity index (χ2n) is 15.3. The number of anilines is 3. The number of para-hydroxylation sites is 2. The number of rotatable bonds is 6. The van der Waals surface area contributed by atoms with E-state index in [4.69, 9.17) is 0 Å². The van der Waals surface area contributed by atoms with Crippen LogP contribution in [0.1, 0.15) is 11.1 Å². The van der Waals surface area contributed by atoms with Crippen LogP contribution in [0.2, 0.25) is 0 Å². The summed E-state index contributed by atoms with van der Waals surface area (Å²) in [7, 11) is 0. The van der Waals surface area contributed by atoms with Crippen LogP contribution in [-0.2, 0) is 6.42 Å². The Bertz CT molecular complexity index is 3350. The van der Waals surface area contributed by atoms with Crippen LogP contribution in [-0.4, -0.2) is 4.57 Å². The molecule has 3 heteroatoms. The Hall–Kier alpha value is -7.20. The second-order valence-corrected chi connectivity index (χ2v) is 16.4. The molecule has 272 valence electrons. The maximum Gasteiger partial charge on any atom is 0.0541 e.